The number of carbonyl (C=O) groups excluding carboxylic acids is 2. The van der Waals surface area contributed by atoms with Gasteiger partial charge in [-0.1, -0.05) is 41.7 Å². The number of carbonyl (C=O) groups is 2. The van der Waals surface area contributed by atoms with Crippen LogP contribution in [-0.4, -0.2) is 22.8 Å². The predicted octanol–water partition coefficient (Wildman–Crippen LogP) is 0.987. The monoisotopic (exact) mass is 334 g/mol. The Kier molecular flexibility index (Phi) is 5.39. The van der Waals surface area contributed by atoms with Crippen molar-refractivity contribution in [2.24, 2.45) is 5.84 Å². The van der Waals surface area contributed by atoms with Gasteiger partial charge in [-0.05, 0) is 11.6 Å². The van der Waals surface area contributed by atoms with E-state index in [-0.39, 0.29) is 16.3 Å². The van der Waals surface area contributed by atoms with Gasteiger partial charge in [0.1, 0.15) is 6.04 Å². The summed E-state index contributed by atoms with van der Waals surface area (Å²) in [5, 5.41) is 13.1. The molecule has 0 aliphatic heterocycles. The summed E-state index contributed by atoms with van der Waals surface area (Å²) in [7, 11) is 0. The van der Waals surface area contributed by atoms with E-state index in [1.165, 1.54) is 12.1 Å². The molecule has 1 unspecified atom stereocenters. The minimum Gasteiger partial charge on any atom is -0.339 e. The van der Waals surface area contributed by atoms with E-state index in [9.17, 15) is 19.7 Å². The van der Waals surface area contributed by atoms with Gasteiger partial charge < -0.3 is 5.32 Å². The van der Waals surface area contributed by atoms with Crippen molar-refractivity contribution in [3.8, 4) is 0 Å². The quantitative estimate of drug-likeness (QED) is 0.314. The van der Waals surface area contributed by atoms with Crippen molar-refractivity contribution in [3.05, 3.63) is 63.0 Å². The van der Waals surface area contributed by atoms with E-state index in [2.05, 4.69) is 5.32 Å². The Bertz CT molecular complexity index is 717. The van der Waals surface area contributed by atoms with Gasteiger partial charge in [0.05, 0.1) is 9.80 Å². The topological polar surface area (TPSA) is 127 Å². The van der Waals surface area contributed by atoms with Gasteiger partial charge in [0, 0.05) is 12.5 Å². The van der Waals surface area contributed by atoms with E-state index < -0.39 is 22.8 Å². The lowest BCUT2D eigenvalue weighted by Crippen LogP contribution is -2.49. The van der Waals surface area contributed by atoms with E-state index >= 15 is 0 Å². The maximum atomic E-state index is 12.2. The van der Waals surface area contributed by atoms with Crippen LogP contribution in [0.1, 0.15) is 15.2 Å². The second-order valence-corrected chi connectivity index (χ2v) is 5.68. The number of nitrogens with one attached hydrogen (secondary N) is 2. The summed E-state index contributed by atoms with van der Waals surface area (Å²) in [4.78, 5) is 34.2. The van der Waals surface area contributed by atoms with Crippen LogP contribution in [0.5, 0.6) is 0 Å². The van der Waals surface area contributed by atoms with E-state index in [1.54, 1.807) is 0 Å². The lowest BCUT2D eigenvalue weighted by atomic mass is 10.1. The maximum Gasteiger partial charge on any atom is 0.324 e. The van der Waals surface area contributed by atoms with Crippen LogP contribution in [0, 0.1) is 10.1 Å². The first kappa shape index (κ1) is 16.6. The fourth-order valence-electron chi connectivity index (χ4n) is 1.94. The zero-order valence-electron chi connectivity index (χ0n) is 11.9. The molecule has 0 radical (unpaired) electrons. The Morgan fingerprint density at radius 2 is 1.91 bits per heavy atom. The minimum absolute atomic E-state index is 0.141. The van der Waals surface area contributed by atoms with E-state index in [0.29, 0.717) is 0 Å². The van der Waals surface area contributed by atoms with Crippen molar-refractivity contribution in [2.75, 3.05) is 0 Å². The highest BCUT2D eigenvalue weighted by Gasteiger charge is 2.23. The van der Waals surface area contributed by atoms with Crippen molar-refractivity contribution in [1.29, 1.82) is 0 Å². The molecule has 0 saturated carbocycles. The van der Waals surface area contributed by atoms with Crippen LogP contribution in [0.2, 0.25) is 0 Å². The largest absolute Gasteiger partial charge is 0.339 e. The van der Waals surface area contributed by atoms with Crippen LogP contribution in [0.4, 0.5) is 5.00 Å². The highest BCUT2D eigenvalue weighted by atomic mass is 32.1. The van der Waals surface area contributed by atoms with Gasteiger partial charge in [0.25, 0.3) is 11.8 Å². The molecule has 0 spiro atoms. The molecule has 0 fully saturated rings. The summed E-state index contributed by atoms with van der Waals surface area (Å²) in [5.74, 6) is 4.04. The number of rotatable bonds is 6. The van der Waals surface area contributed by atoms with Crippen LogP contribution >= 0.6 is 11.3 Å². The van der Waals surface area contributed by atoms with E-state index in [4.69, 9.17) is 5.84 Å². The molecule has 0 bridgehead atoms. The molecule has 1 heterocycles. The lowest BCUT2D eigenvalue weighted by Gasteiger charge is -2.16. The molecule has 2 rings (SSSR count). The molecule has 4 N–H and O–H groups in total. The van der Waals surface area contributed by atoms with Crippen molar-refractivity contribution >= 4 is 28.2 Å². The van der Waals surface area contributed by atoms with Crippen molar-refractivity contribution in [2.45, 2.75) is 12.5 Å². The van der Waals surface area contributed by atoms with Gasteiger partial charge in [-0.15, -0.1) is 0 Å². The Labute approximate surface area is 135 Å². The van der Waals surface area contributed by atoms with Gasteiger partial charge in [-0.3, -0.25) is 25.1 Å². The number of nitrogens with two attached hydrogens (primary N) is 1. The van der Waals surface area contributed by atoms with Crippen molar-refractivity contribution in [1.82, 2.24) is 10.7 Å². The zero-order chi connectivity index (χ0) is 16.8. The highest BCUT2D eigenvalue weighted by molar-refractivity contribution is 7.17. The third kappa shape index (κ3) is 4.34. The molecule has 9 heteroatoms. The molecular weight excluding hydrogens is 320 g/mol. The number of hydrogen-bond acceptors (Lipinski definition) is 6. The van der Waals surface area contributed by atoms with Crippen molar-refractivity contribution < 1.29 is 14.5 Å². The van der Waals surface area contributed by atoms with Crippen LogP contribution in [0.25, 0.3) is 0 Å². The third-order valence-electron chi connectivity index (χ3n) is 3.04. The fourth-order valence-corrected chi connectivity index (χ4v) is 2.66. The van der Waals surface area contributed by atoms with Crippen LogP contribution in [-0.2, 0) is 11.2 Å². The first-order chi connectivity index (χ1) is 11.0. The molecule has 23 heavy (non-hydrogen) atoms. The molecule has 2 amide bonds. The van der Waals surface area contributed by atoms with Crippen molar-refractivity contribution in [3.63, 3.8) is 0 Å². The molecule has 1 atom stereocenters. The smallest absolute Gasteiger partial charge is 0.324 e. The summed E-state index contributed by atoms with van der Waals surface area (Å²) in [6, 6.07) is 10.8. The Morgan fingerprint density at radius 3 is 2.48 bits per heavy atom. The van der Waals surface area contributed by atoms with E-state index in [1.807, 2.05) is 35.8 Å². The minimum atomic E-state index is -0.879. The zero-order valence-corrected chi connectivity index (χ0v) is 12.7. The third-order valence-corrected chi connectivity index (χ3v) is 4.08. The molecule has 120 valence electrons. The molecule has 8 nitrogen and oxygen atoms in total. The summed E-state index contributed by atoms with van der Waals surface area (Å²) >= 11 is 0.743. The fraction of sp³-hybridized carbons (Fsp3) is 0.143. The SMILES string of the molecule is NNC(=O)C(Cc1ccccc1)NC(=O)c1ccc([N+](=O)[O-])s1. The van der Waals surface area contributed by atoms with E-state index in [0.717, 1.165) is 16.9 Å². The molecule has 2 aromatic rings. The average molecular weight is 334 g/mol. The number of benzene rings is 1. The average Bonchev–Trinajstić information content (AvgIpc) is 3.05. The van der Waals surface area contributed by atoms with Crippen LogP contribution in [0.15, 0.2) is 42.5 Å². The summed E-state index contributed by atoms with van der Waals surface area (Å²) in [5.41, 5.74) is 2.85. The number of amides is 2. The number of thiophene rings is 1. The second kappa shape index (κ2) is 7.47. The number of nitrogens with zero attached hydrogens (tertiary/aromatic N) is 1. The van der Waals surface area contributed by atoms with Gasteiger partial charge in [-0.2, -0.15) is 0 Å². The standard InChI is InChI=1S/C14H14N4O4S/c15-17-13(19)10(8-9-4-2-1-3-5-9)16-14(20)11-6-7-12(23-11)18(21)22/h1-7,10H,8,15H2,(H,16,20)(H,17,19). The normalized spacial score (nSPS) is 11.5. The Hall–Kier alpha value is -2.78. The van der Waals surface area contributed by atoms with Crippen LogP contribution < -0.4 is 16.6 Å². The molecule has 1 aromatic carbocycles. The Balaban J connectivity index is 2.11. The molecule has 1 aromatic heterocycles. The second-order valence-electron chi connectivity index (χ2n) is 4.62. The number of hydrazine groups is 1. The molecule has 0 saturated heterocycles. The lowest BCUT2D eigenvalue weighted by molar-refractivity contribution is -0.380. The highest BCUT2D eigenvalue weighted by Crippen LogP contribution is 2.23. The predicted molar refractivity (Wildman–Crippen MR) is 84.7 cm³/mol. The molecule has 0 aliphatic carbocycles. The van der Waals surface area contributed by atoms with Crippen LogP contribution in [0.3, 0.4) is 0 Å². The van der Waals surface area contributed by atoms with Gasteiger partial charge >= 0.3 is 5.00 Å². The van der Waals surface area contributed by atoms with Gasteiger partial charge in [0.2, 0.25) is 0 Å². The number of hydrogen-bond donors (Lipinski definition) is 3. The molecule has 0 aliphatic rings. The Morgan fingerprint density at radius 1 is 1.22 bits per heavy atom. The molecular formula is C14H14N4O4S. The first-order valence-electron chi connectivity index (χ1n) is 6.60. The first-order valence-corrected chi connectivity index (χ1v) is 7.42. The van der Waals surface area contributed by atoms with Gasteiger partial charge in [-0.25, -0.2) is 5.84 Å². The summed E-state index contributed by atoms with van der Waals surface area (Å²) in [6.45, 7) is 0. The van der Waals surface area contributed by atoms with Gasteiger partial charge in [0.15, 0.2) is 0 Å². The number of nitro groups is 1. The maximum absolute atomic E-state index is 12.2. The summed E-state index contributed by atoms with van der Waals surface area (Å²) < 4.78 is 0. The summed E-state index contributed by atoms with van der Waals surface area (Å²) in [6.07, 6.45) is 0.253.